The van der Waals surface area contributed by atoms with Crippen LogP contribution in [0, 0.1) is 6.92 Å². The van der Waals surface area contributed by atoms with Crippen molar-refractivity contribution in [3.8, 4) is 0 Å². The summed E-state index contributed by atoms with van der Waals surface area (Å²) in [7, 11) is -3.64. The second-order valence-corrected chi connectivity index (χ2v) is 10.8. The topological polar surface area (TPSA) is 86.8 Å². The average molecular weight is 482 g/mol. The standard InChI is InChI=1S/C26H31N3O4S/c1-19-11-12-22(17-25(19)34(32,33)28-14-7-3-4-8-15-28)27-26(31)18-24-23-10-6-5-9-21(23)13-16-29(24)20(2)30/h5-6,9-13,16-17,24H,3-4,7-8,14-15,18H2,1-2H3,(H,27,31). The van der Waals surface area contributed by atoms with E-state index < -0.39 is 16.1 Å². The minimum Gasteiger partial charge on any atom is -0.326 e. The van der Waals surface area contributed by atoms with Gasteiger partial charge < -0.3 is 10.2 Å². The number of hydrogen-bond acceptors (Lipinski definition) is 4. The predicted molar refractivity (Wildman–Crippen MR) is 132 cm³/mol. The fraction of sp³-hybridized carbons (Fsp3) is 0.385. The number of fused-ring (bicyclic) bond motifs is 1. The highest BCUT2D eigenvalue weighted by Crippen LogP contribution is 2.33. The molecule has 1 saturated heterocycles. The normalized spacial score (nSPS) is 18.8. The maximum atomic E-state index is 13.3. The molecule has 34 heavy (non-hydrogen) atoms. The summed E-state index contributed by atoms with van der Waals surface area (Å²) in [6, 6.07) is 12.2. The molecule has 8 heteroatoms. The van der Waals surface area contributed by atoms with Gasteiger partial charge in [-0.25, -0.2) is 8.42 Å². The Morgan fingerprint density at radius 1 is 1.03 bits per heavy atom. The lowest BCUT2D eigenvalue weighted by molar-refractivity contribution is -0.129. The molecule has 1 atom stereocenters. The van der Waals surface area contributed by atoms with Crippen LogP contribution in [0.25, 0.3) is 6.08 Å². The first-order valence-corrected chi connectivity index (χ1v) is 13.2. The number of hydrogen-bond donors (Lipinski definition) is 1. The van der Waals surface area contributed by atoms with E-state index in [1.54, 1.807) is 40.5 Å². The summed E-state index contributed by atoms with van der Waals surface area (Å²) < 4.78 is 28.2. The molecule has 0 aliphatic carbocycles. The van der Waals surface area contributed by atoms with Crippen molar-refractivity contribution in [2.45, 2.75) is 56.9 Å². The van der Waals surface area contributed by atoms with Gasteiger partial charge in [0, 0.05) is 31.9 Å². The van der Waals surface area contributed by atoms with E-state index in [0.717, 1.165) is 36.8 Å². The fourth-order valence-electron chi connectivity index (χ4n) is 4.68. The lowest BCUT2D eigenvalue weighted by Gasteiger charge is -2.32. The molecule has 1 N–H and O–H groups in total. The van der Waals surface area contributed by atoms with Gasteiger partial charge in [-0.3, -0.25) is 9.59 Å². The van der Waals surface area contributed by atoms with E-state index in [-0.39, 0.29) is 23.1 Å². The summed E-state index contributed by atoms with van der Waals surface area (Å²) in [6.07, 6.45) is 7.43. The van der Waals surface area contributed by atoms with Crippen molar-refractivity contribution >= 4 is 33.6 Å². The van der Waals surface area contributed by atoms with Gasteiger partial charge in [-0.1, -0.05) is 43.2 Å². The minimum absolute atomic E-state index is 0.0585. The Morgan fingerprint density at radius 3 is 2.44 bits per heavy atom. The number of sulfonamides is 1. The van der Waals surface area contributed by atoms with E-state index in [4.69, 9.17) is 0 Å². The molecule has 2 aliphatic rings. The van der Waals surface area contributed by atoms with Gasteiger partial charge in [-0.05, 0) is 54.7 Å². The highest BCUT2D eigenvalue weighted by molar-refractivity contribution is 7.89. The van der Waals surface area contributed by atoms with Crippen LogP contribution in [0.5, 0.6) is 0 Å². The SMILES string of the molecule is CC(=O)N1C=Cc2ccccc2C1CC(=O)Nc1ccc(C)c(S(=O)(=O)N2CCCCCC2)c1. The van der Waals surface area contributed by atoms with Crippen LogP contribution in [0.3, 0.4) is 0 Å². The summed E-state index contributed by atoms with van der Waals surface area (Å²) in [5, 5.41) is 2.85. The molecule has 7 nitrogen and oxygen atoms in total. The molecule has 0 spiro atoms. The zero-order chi connectivity index (χ0) is 24.3. The van der Waals surface area contributed by atoms with Crippen LogP contribution in [0.2, 0.25) is 0 Å². The number of carbonyl (C=O) groups is 2. The number of nitrogens with zero attached hydrogens (tertiary/aromatic N) is 2. The first-order valence-electron chi connectivity index (χ1n) is 11.7. The highest BCUT2D eigenvalue weighted by Gasteiger charge is 2.29. The minimum atomic E-state index is -3.64. The van der Waals surface area contributed by atoms with Crippen molar-refractivity contribution in [1.82, 2.24) is 9.21 Å². The second-order valence-electron chi connectivity index (χ2n) is 8.94. The quantitative estimate of drug-likeness (QED) is 0.683. The predicted octanol–water partition coefficient (Wildman–Crippen LogP) is 4.46. The molecule has 2 aromatic rings. The zero-order valence-electron chi connectivity index (χ0n) is 19.7. The summed E-state index contributed by atoms with van der Waals surface area (Å²) in [5.74, 6) is -0.437. The highest BCUT2D eigenvalue weighted by atomic mass is 32.2. The first-order chi connectivity index (χ1) is 16.3. The third-order valence-electron chi connectivity index (χ3n) is 6.50. The van der Waals surface area contributed by atoms with Crippen molar-refractivity contribution in [3.05, 3.63) is 65.4 Å². The van der Waals surface area contributed by atoms with Gasteiger partial charge in [-0.15, -0.1) is 0 Å². The maximum absolute atomic E-state index is 13.3. The van der Waals surface area contributed by atoms with E-state index in [9.17, 15) is 18.0 Å². The Labute approximate surface area is 201 Å². The van der Waals surface area contributed by atoms with Crippen molar-refractivity contribution in [2.24, 2.45) is 0 Å². The van der Waals surface area contributed by atoms with Gasteiger partial charge in [0.1, 0.15) is 0 Å². The van der Waals surface area contributed by atoms with E-state index in [0.29, 0.717) is 24.3 Å². The molecule has 2 aliphatic heterocycles. The van der Waals surface area contributed by atoms with Crippen LogP contribution >= 0.6 is 0 Å². The van der Waals surface area contributed by atoms with Crippen molar-refractivity contribution in [2.75, 3.05) is 18.4 Å². The maximum Gasteiger partial charge on any atom is 0.243 e. The second kappa shape index (κ2) is 10.1. The van der Waals surface area contributed by atoms with E-state index in [2.05, 4.69) is 5.32 Å². The van der Waals surface area contributed by atoms with Crippen LogP contribution in [0.1, 0.15) is 61.8 Å². The van der Waals surface area contributed by atoms with Gasteiger partial charge in [-0.2, -0.15) is 4.31 Å². The van der Waals surface area contributed by atoms with E-state index in [1.165, 1.54) is 6.92 Å². The van der Waals surface area contributed by atoms with Gasteiger partial charge in [0.2, 0.25) is 21.8 Å². The number of aryl methyl sites for hydroxylation is 1. The van der Waals surface area contributed by atoms with Crippen molar-refractivity contribution in [3.63, 3.8) is 0 Å². The number of nitrogens with one attached hydrogen (secondary N) is 1. The molecular formula is C26H31N3O4S. The number of rotatable bonds is 5. The Bertz CT molecular complexity index is 1210. The Hall–Kier alpha value is -2.97. The number of amides is 2. The number of anilines is 1. The molecule has 2 aromatic carbocycles. The Kier molecular flexibility index (Phi) is 7.19. The molecule has 0 bridgehead atoms. The largest absolute Gasteiger partial charge is 0.326 e. The Balaban J connectivity index is 1.54. The number of carbonyl (C=O) groups excluding carboxylic acids is 2. The Morgan fingerprint density at radius 2 is 1.74 bits per heavy atom. The molecule has 0 aromatic heterocycles. The molecule has 1 fully saturated rings. The molecule has 0 radical (unpaired) electrons. The molecule has 4 rings (SSSR count). The lowest BCUT2D eigenvalue weighted by Crippen LogP contribution is -2.33. The first kappa shape index (κ1) is 24.2. The average Bonchev–Trinajstić information content (AvgIpc) is 3.10. The van der Waals surface area contributed by atoms with Crippen molar-refractivity contribution < 1.29 is 18.0 Å². The summed E-state index contributed by atoms with van der Waals surface area (Å²) in [5.41, 5.74) is 2.96. The van der Waals surface area contributed by atoms with Gasteiger partial charge in [0.25, 0.3) is 0 Å². The monoisotopic (exact) mass is 481 g/mol. The van der Waals surface area contributed by atoms with Crippen LogP contribution in [0.15, 0.2) is 53.6 Å². The third kappa shape index (κ3) is 5.08. The molecule has 1 unspecified atom stereocenters. The van der Waals surface area contributed by atoms with Crippen LogP contribution in [-0.2, 0) is 19.6 Å². The number of benzene rings is 2. The van der Waals surface area contributed by atoms with E-state index in [1.807, 2.05) is 30.3 Å². The van der Waals surface area contributed by atoms with Gasteiger partial charge >= 0.3 is 0 Å². The molecule has 2 heterocycles. The summed E-state index contributed by atoms with van der Waals surface area (Å²) in [4.78, 5) is 27.0. The molecule has 180 valence electrons. The van der Waals surface area contributed by atoms with E-state index >= 15 is 0 Å². The summed E-state index contributed by atoms with van der Waals surface area (Å²) in [6.45, 7) is 4.29. The zero-order valence-corrected chi connectivity index (χ0v) is 20.5. The molecule has 0 saturated carbocycles. The summed E-state index contributed by atoms with van der Waals surface area (Å²) >= 11 is 0. The van der Waals surface area contributed by atoms with Crippen LogP contribution < -0.4 is 5.32 Å². The fourth-order valence-corrected chi connectivity index (χ4v) is 6.45. The third-order valence-corrected chi connectivity index (χ3v) is 8.54. The smallest absolute Gasteiger partial charge is 0.243 e. The lowest BCUT2D eigenvalue weighted by atomic mass is 9.93. The van der Waals surface area contributed by atoms with Gasteiger partial charge in [0.15, 0.2) is 0 Å². The van der Waals surface area contributed by atoms with Crippen molar-refractivity contribution in [1.29, 1.82) is 0 Å². The van der Waals surface area contributed by atoms with Gasteiger partial charge in [0.05, 0.1) is 17.4 Å². The van der Waals surface area contributed by atoms with Crippen LogP contribution in [-0.4, -0.2) is 42.5 Å². The van der Waals surface area contributed by atoms with Crippen LogP contribution in [0.4, 0.5) is 5.69 Å². The molecular weight excluding hydrogens is 450 g/mol. The molecule has 2 amide bonds.